The second-order valence-electron chi connectivity index (χ2n) is 5.59. The van der Waals surface area contributed by atoms with Crippen LogP contribution in [0.3, 0.4) is 0 Å². The fraction of sp³-hybridized carbons (Fsp3) is 0.500. The van der Waals surface area contributed by atoms with Gasteiger partial charge in [0.15, 0.2) is 0 Å². The Labute approximate surface area is 135 Å². The molecule has 1 N–H and O–H groups in total. The first-order valence-electron chi connectivity index (χ1n) is 7.30. The lowest BCUT2D eigenvalue weighted by Gasteiger charge is -2.34. The molecule has 2 rings (SSSR count). The SMILES string of the molecule is COCCNC(=O)[C@]1(C)CCC(=O)N1Cc1ccccc1Cl. The molecule has 1 heterocycles. The van der Waals surface area contributed by atoms with Gasteiger partial charge in [-0.1, -0.05) is 29.8 Å². The van der Waals surface area contributed by atoms with E-state index in [4.69, 9.17) is 16.3 Å². The zero-order valence-electron chi connectivity index (χ0n) is 12.9. The van der Waals surface area contributed by atoms with Gasteiger partial charge in [-0.05, 0) is 25.0 Å². The lowest BCUT2D eigenvalue weighted by molar-refractivity contribution is -0.141. The Bertz CT molecular complexity index is 564. The van der Waals surface area contributed by atoms with E-state index in [2.05, 4.69) is 5.32 Å². The van der Waals surface area contributed by atoms with E-state index in [0.717, 1.165) is 5.56 Å². The third-order valence-electron chi connectivity index (χ3n) is 4.09. The van der Waals surface area contributed by atoms with Crippen molar-refractivity contribution < 1.29 is 14.3 Å². The molecular formula is C16H21ClN2O3. The van der Waals surface area contributed by atoms with Crippen LogP contribution < -0.4 is 5.32 Å². The minimum atomic E-state index is -0.843. The van der Waals surface area contributed by atoms with E-state index in [1.807, 2.05) is 18.2 Å². The van der Waals surface area contributed by atoms with Gasteiger partial charge in [0, 0.05) is 31.6 Å². The van der Waals surface area contributed by atoms with Gasteiger partial charge in [-0.3, -0.25) is 9.59 Å². The normalized spacial score (nSPS) is 21.2. The van der Waals surface area contributed by atoms with Crippen molar-refractivity contribution in [2.24, 2.45) is 0 Å². The molecule has 1 aliphatic heterocycles. The van der Waals surface area contributed by atoms with Gasteiger partial charge >= 0.3 is 0 Å². The van der Waals surface area contributed by atoms with E-state index in [1.54, 1.807) is 25.0 Å². The van der Waals surface area contributed by atoms with Crippen molar-refractivity contribution in [2.45, 2.75) is 31.8 Å². The third kappa shape index (κ3) is 3.42. The molecule has 2 amide bonds. The van der Waals surface area contributed by atoms with Gasteiger partial charge in [0.25, 0.3) is 0 Å². The first-order valence-corrected chi connectivity index (χ1v) is 7.68. The van der Waals surface area contributed by atoms with Gasteiger partial charge in [-0.15, -0.1) is 0 Å². The van der Waals surface area contributed by atoms with Crippen LogP contribution in [0.1, 0.15) is 25.3 Å². The summed E-state index contributed by atoms with van der Waals surface area (Å²) in [6.45, 7) is 3.02. The molecule has 6 heteroatoms. The fourth-order valence-corrected chi connectivity index (χ4v) is 2.84. The standard InChI is InChI=1S/C16H21ClN2O3/c1-16(15(21)18-9-10-22-2)8-7-14(20)19(16)11-12-5-3-4-6-13(12)17/h3-6H,7-11H2,1-2H3,(H,18,21)/t16-/m0/s1. The number of amides is 2. The summed E-state index contributed by atoms with van der Waals surface area (Å²) in [5, 5.41) is 3.43. The Morgan fingerprint density at radius 1 is 1.45 bits per heavy atom. The smallest absolute Gasteiger partial charge is 0.245 e. The van der Waals surface area contributed by atoms with Crippen LogP contribution in [0, 0.1) is 0 Å². The predicted octanol–water partition coefficient (Wildman–Crippen LogP) is 1.98. The summed E-state index contributed by atoms with van der Waals surface area (Å²) in [5.74, 6) is -0.174. The quantitative estimate of drug-likeness (QED) is 0.814. The summed E-state index contributed by atoms with van der Waals surface area (Å²) in [7, 11) is 1.58. The summed E-state index contributed by atoms with van der Waals surface area (Å²) in [4.78, 5) is 26.3. The van der Waals surface area contributed by atoms with Crippen molar-refractivity contribution in [1.82, 2.24) is 10.2 Å². The average molecular weight is 325 g/mol. The summed E-state index contributed by atoms with van der Waals surface area (Å²) in [6.07, 6.45) is 0.883. The number of nitrogens with one attached hydrogen (secondary N) is 1. The number of hydrogen-bond donors (Lipinski definition) is 1. The number of benzene rings is 1. The number of nitrogens with zero attached hydrogens (tertiary/aromatic N) is 1. The molecule has 1 saturated heterocycles. The molecule has 0 unspecified atom stereocenters. The lowest BCUT2D eigenvalue weighted by Crippen LogP contribution is -2.54. The van der Waals surface area contributed by atoms with Crippen molar-refractivity contribution in [3.8, 4) is 0 Å². The Kier molecular flexibility index (Phi) is 5.42. The lowest BCUT2D eigenvalue weighted by atomic mass is 9.97. The Morgan fingerprint density at radius 2 is 2.18 bits per heavy atom. The van der Waals surface area contributed by atoms with Crippen LogP contribution in [0.2, 0.25) is 5.02 Å². The largest absolute Gasteiger partial charge is 0.383 e. The van der Waals surface area contributed by atoms with Gasteiger partial charge < -0.3 is 15.0 Å². The maximum Gasteiger partial charge on any atom is 0.245 e. The number of halogens is 1. The van der Waals surface area contributed by atoms with E-state index in [9.17, 15) is 9.59 Å². The molecule has 0 bridgehead atoms. The van der Waals surface area contributed by atoms with Crippen molar-refractivity contribution in [1.29, 1.82) is 0 Å². The molecule has 0 aliphatic carbocycles. The third-order valence-corrected chi connectivity index (χ3v) is 4.46. The minimum Gasteiger partial charge on any atom is -0.383 e. The number of rotatable bonds is 6. The number of ether oxygens (including phenoxy) is 1. The molecule has 1 aromatic carbocycles. The molecule has 1 aromatic rings. The molecule has 1 aliphatic rings. The van der Waals surface area contributed by atoms with Crippen molar-refractivity contribution in [3.05, 3.63) is 34.9 Å². The van der Waals surface area contributed by atoms with Crippen LogP contribution in [-0.2, 0) is 20.9 Å². The summed E-state index contributed by atoms with van der Waals surface area (Å²) < 4.78 is 4.93. The van der Waals surface area contributed by atoms with Gasteiger partial charge in [0.1, 0.15) is 5.54 Å². The predicted molar refractivity (Wildman–Crippen MR) is 84.5 cm³/mol. The molecule has 5 nitrogen and oxygen atoms in total. The van der Waals surface area contributed by atoms with Crippen LogP contribution in [0.25, 0.3) is 0 Å². The van der Waals surface area contributed by atoms with Crippen LogP contribution in [0.5, 0.6) is 0 Å². The Morgan fingerprint density at radius 3 is 2.86 bits per heavy atom. The molecule has 120 valence electrons. The van der Waals surface area contributed by atoms with Crippen LogP contribution in [-0.4, -0.2) is 42.5 Å². The Hall–Kier alpha value is -1.59. The monoisotopic (exact) mass is 324 g/mol. The summed E-state index contributed by atoms with van der Waals surface area (Å²) >= 11 is 6.17. The van der Waals surface area contributed by atoms with Gasteiger partial charge in [0.05, 0.1) is 6.61 Å². The number of methoxy groups -OCH3 is 1. The second kappa shape index (κ2) is 7.11. The molecule has 0 aromatic heterocycles. The Balaban J connectivity index is 2.14. The molecule has 0 saturated carbocycles. The van der Waals surface area contributed by atoms with E-state index in [0.29, 0.717) is 37.6 Å². The highest BCUT2D eigenvalue weighted by Gasteiger charge is 2.47. The van der Waals surface area contributed by atoms with Crippen LogP contribution >= 0.6 is 11.6 Å². The number of carbonyl (C=O) groups is 2. The topological polar surface area (TPSA) is 58.6 Å². The average Bonchev–Trinajstić information content (AvgIpc) is 2.79. The highest BCUT2D eigenvalue weighted by atomic mass is 35.5. The number of hydrogen-bond acceptors (Lipinski definition) is 3. The molecule has 22 heavy (non-hydrogen) atoms. The second-order valence-corrected chi connectivity index (χ2v) is 6.00. The number of carbonyl (C=O) groups excluding carboxylic acids is 2. The molecule has 1 atom stereocenters. The molecule has 1 fully saturated rings. The van der Waals surface area contributed by atoms with Gasteiger partial charge in [-0.2, -0.15) is 0 Å². The van der Waals surface area contributed by atoms with Crippen LogP contribution in [0.15, 0.2) is 24.3 Å². The first-order chi connectivity index (χ1) is 10.5. The van der Waals surface area contributed by atoms with Crippen LogP contribution in [0.4, 0.5) is 0 Å². The maximum absolute atomic E-state index is 12.5. The van der Waals surface area contributed by atoms with E-state index >= 15 is 0 Å². The highest BCUT2D eigenvalue weighted by Crippen LogP contribution is 2.33. The van der Waals surface area contributed by atoms with E-state index in [1.165, 1.54) is 0 Å². The molecular weight excluding hydrogens is 304 g/mol. The fourth-order valence-electron chi connectivity index (χ4n) is 2.65. The van der Waals surface area contributed by atoms with Crippen molar-refractivity contribution in [2.75, 3.05) is 20.3 Å². The molecule has 0 spiro atoms. The van der Waals surface area contributed by atoms with Gasteiger partial charge in [-0.25, -0.2) is 0 Å². The highest BCUT2D eigenvalue weighted by molar-refractivity contribution is 6.31. The van der Waals surface area contributed by atoms with Gasteiger partial charge in [0.2, 0.25) is 11.8 Å². The van der Waals surface area contributed by atoms with E-state index < -0.39 is 5.54 Å². The maximum atomic E-state index is 12.5. The van der Waals surface area contributed by atoms with Crippen molar-refractivity contribution >= 4 is 23.4 Å². The first kappa shape index (κ1) is 16.8. The van der Waals surface area contributed by atoms with Crippen molar-refractivity contribution in [3.63, 3.8) is 0 Å². The zero-order chi connectivity index (χ0) is 16.2. The summed E-state index contributed by atoms with van der Waals surface area (Å²) in [6, 6.07) is 7.37. The number of likely N-dealkylation sites (tertiary alicyclic amines) is 1. The van der Waals surface area contributed by atoms with E-state index in [-0.39, 0.29) is 11.8 Å². The zero-order valence-corrected chi connectivity index (χ0v) is 13.7. The molecule has 0 radical (unpaired) electrons. The minimum absolute atomic E-state index is 0.0238. The summed E-state index contributed by atoms with van der Waals surface area (Å²) in [5.41, 5.74) is -0.000358.